The maximum absolute atomic E-state index is 14.0. The summed E-state index contributed by atoms with van der Waals surface area (Å²) in [4.78, 5) is 24.4. The molecule has 0 N–H and O–H groups in total. The number of halogens is 2. The van der Waals surface area contributed by atoms with Crippen LogP contribution >= 0.6 is 15.9 Å². The molecule has 130 valence electrons. The molecule has 2 aromatic carbocycles. The zero-order valence-electron chi connectivity index (χ0n) is 13.7. The van der Waals surface area contributed by atoms with Gasteiger partial charge in [-0.05, 0) is 49.2 Å². The number of ketones is 1. The summed E-state index contributed by atoms with van der Waals surface area (Å²) < 4.78 is 25.8. The van der Waals surface area contributed by atoms with E-state index in [1.54, 1.807) is 38.1 Å². The van der Waals surface area contributed by atoms with Crippen LogP contribution in [0.5, 0.6) is 11.5 Å². The molecule has 1 aliphatic rings. The number of ether oxygens (including phenoxy) is 2. The highest BCUT2D eigenvalue weighted by molar-refractivity contribution is 9.10. The van der Waals surface area contributed by atoms with E-state index in [9.17, 15) is 14.0 Å². The lowest BCUT2D eigenvalue weighted by Gasteiger charge is -2.15. The zero-order valence-corrected chi connectivity index (χ0v) is 15.3. The standard InChI is InChI=1S/C19H16BrFO4/c1-10-9-15(22)18-16(8-7-14(21)17(10)18)25-19(23)11(2)24-13-5-3-12(20)4-6-13/h3-8,10-11H,9H2,1-2H3. The number of esters is 1. The Hall–Kier alpha value is -2.21. The first kappa shape index (κ1) is 17.6. The summed E-state index contributed by atoms with van der Waals surface area (Å²) in [5.41, 5.74) is 0.480. The Labute approximate surface area is 153 Å². The molecule has 0 saturated carbocycles. The fourth-order valence-electron chi connectivity index (χ4n) is 2.87. The summed E-state index contributed by atoms with van der Waals surface area (Å²) in [6.07, 6.45) is -0.665. The quantitative estimate of drug-likeness (QED) is 0.547. The Bertz CT molecular complexity index is 832. The van der Waals surface area contributed by atoms with Crippen LogP contribution in [0, 0.1) is 5.82 Å². The lowest BCUT2D eigenvalue weighted by Crippen LogP contribution is -2.29. The molecule has 0 saturated heterocycles. The molecule has 0 fully saturated rings. The summed E-state index contributed by atoms with van der Waals surface area (Å²) in [7, 11) is 0. The molecule has 1 aliphatic carbocycles. The molecular weight excluding hydrogens is 391 g/mol. The zero-order chi connectivity index (χ0) is 18.1. The maximum atomic E-state index is 14.0. The molecule has 0 radical (unpaired) electrons. The van der Waals surface area contributed by atoms with Gasteiger partial charge in [-0.15, -0.1) is 0 Å². The number of hydrogen-bond acceptors (Lipinski definition) is 4. The van der Waals surface area contributed by atoms with Gasteiger partial charge in [-0.25, -0.2) is 9.18 Å². The number of Topliss-reactive ketones (excluding diaryl/α,β-unsaturated/α-hetero) is 1. The fourth-order valence-corrected chi connectivity index (χ4v) is 3.13. The normalized spacial score (nSPS) is 17.1. The molecule has 0 bridgehead atoms. The number of carbonyl (C=O) groups is 2. The van der Waals surface area contributed by atoms with Crippen LogP contribution in [-0.4, -0.2) is 17.9 Å². The highest BCUT2D eigenvalue weighted by atomic mass is 79.9. The minimum atomic E-state index is -0.879. The van der Waals surface area contributed by atoms with Crippen molar-refractivity contribution in [2.45, 2.75) is 32.3 Å². The first-order chi connectivity index (χ1) is 11.9. The second kappa shape index (κ2) is 6.96. The SMILES string of the molecule is CC(Oc1ccc(Br)cc1)C(=O)Oc1ccc(F)c2c1C(=O)CC2C. The number of hydrogen-bond donors (Lipinski definition) is 0. The molecule has 0 heterocycles. The van der Waals surface area contributed by atoms with Crippen molar-refractivity contribution in [3.63, 3.8) is 0 Å². The Morgan fingerprint density at radius 3 is 2.60 bits per heavy atom. The molecule has 2 atom stereocenters. The third kappa shape index (κ3) is 3.58. The Morgan fingerprint density at radius 1 is 1.24 bits per heavy atom. The summed E-state index contributed by atoms with van der Waals surface area (Å²) in [6.45, 7) is 3.33. The van der Waals surface area contributed by atoms with Gasteiger partial charge in [0.05, 0.1) is 5.56 Å². The molecule has 3 rings (SSSR count). The van der Waals surface area contributed by atoms with Crippen molar-refractivity contribution in [2.75, 3.05) is 0 Å². The van der Waals surface area contributed by atoms with E-state index >= 15 is 0 Å². The summed E-state index contributed by atoms with van der Waals surface area (Å²) >= 11 is 3.32. The summed E-state index contributed by atoms with van der Waals surface area (Å²) in [6, 6.07) is 9.55. The van der Waals surface area contributed by atoms with Crippen molar-refractivity contribution in [1.82, 2.24) is 0 Å². The van der Waals surface area contributed by atoms with Gasteiger partial charge in [-0.3, -0.25) is 4.79 Å². The molecule has 4 nitrogen and oxygen atoms in total. The maximum Gasteiger partial charge on any atom is 0.352 e. The van der Waals surface area contributed by atoms with E-state index in [1.807, 2.05) is 0 Å². The van der Waals surface area contributed by atoms with Crippen molar-refractivity contribution in [2.24, 2.45) is 0 Å². The van der Waals surface area contributed by atoms with Crippen molar-refractivity contribution < 1.29 is 23.5 Å². The molecule has 0 spiro atoms. The van der Waals surface area contributed by atoms with Crippen LogP contribution in [0.15, 0.2) is 40.9 Å². The second-order valence-electron chi connectivity index (χ2n) is 6.00. The summed E-state index contributed by atoms with van der Waals surface area (Å²) in [5.74, 6) is -0.941. The highest BCUT2D eigenvalue weighted by Gasteiger charge is 2.33. The molecular formula is C19H16BrFO4. The van der Waals surface area contributed by atoms with Gasteiger partial charge in [0, 0.05) is 16.5 Å². The van der Waals surface area contributed by atoms with Crippen LogP contribution < -0.4 is 9.47 Å². The molecule has 0 amide bonds. The van der Waals surface area contributed by atoms with Crippen LogP contribution in [-0.2, 0) is 4.79 Å². The third-order valence-electron chi connectivity index (χ3n) is 4.09. The number of fused-ring (bicyclic) bond motifs is 1. The van der Waals surface area contributed by atoms with E-state index in [4.69, 9.17) is 9.47 Å². The third-order valence-corrected chi connectivity index (χ3v) is 4.61. The monoisotopic (exact) mass is 406 g/mol. The Kier molecular flexibility index (Phi) is 4.90. The highest BCUT2D eigenvalue weighted by Crippen LogP contribution is 2.39. The van der Waals surface area contributed by atoms with Crippen molar-refractivity contribution in [3.8, 4) is 11.5 Å². The second-order valence-corrected chi connectivity index (χ2v) is 6.91. The number of rotatable bonds is 4. The van der Waals surface area contributed by atoms with Crippen LogP contribution in [0.25, 0.3) is 0 Å². The van der Waals surface area contributed by atoms with E-state index in [-0.39, 0.29) is 29.4 Å². The van der Waals surface area contributed by atoms with Gasteiger partial charge in [0.15, 0.2) is 11.9 Å². The smallest absolute Gasteiger partial charge is 0.352 e. The van der Waals surface area contributed by atoms with E-state index in [2.05, 4.69) is 15.9 Å². The van der Waals surface area contributed by atoms with Crippen molar-refractivity contribution in [3.05, 3.63) is 57.8 Å². The first-order valence-corrected chi connectivity index (χ1v) is 8.65. The minimum absolute atomic E-state index is 0.0852. The van der Waals surface area contributed by atoms with E-state index in [0.717, 1.165) is 4.47 Å². The van der Waals surface area contributed by atoms with Gasteiger partial charge in [0.2, 0.25) is 0 Å². The first-order valence-electron chi connectivity index (χ1n) is 7.86. The predicted octanol–water partition coefficient (Wildman–Crippen LogP) is 4.65. The molecule has 6 heteroatoms. The molecule has 0 aromatic heterocycles. The molecule has 2 aromatic rings. The van der Waals surface area contributed by atoms with Gasteiger partial charge >= 0.3 is 5.97 Å². The predicted molar refractivity (Wildman–Crippen MR) is 93.6 cm³/mol. The van der Waals surface area contributed by atoms with E-state index < -0.39 is 17.9 Å². The number of carbonyl (C=O) groups excluding carboxylic acids is 2. The lowest BCUT2D eigenvalue weighted by molar-refractivity contribution is -0.141. The fraction of sp³-hybridized carbons (Fsp3) is 0.263. The molecule has 0 aliphatic heterocycles. The van der Waals surface area contributed by atoms with Crippen LogP contribution in [0.4, 0.5) is 4.39 Å². The summed E-state index contributed by atoms with van der Waals surface area (Å²) in [5, 5.41) is 0. The van der Waals surface area contributed by atoms with Gasteiger partial charge in [0.25, 0.3) is 0 Å². The molecule has 2 unspecified atom stereocenters. The van der Waals surface area contributed by atoms with Gasteiger partial charge in [-0.2, -0.15) is 0 Å². The van der Waals surface area contributed by atoms with Gasteiger partial charge in [-0.1, -0.05) is 22.9 Å². The van der Waals surface area contributed by atoms with E-state index in [1.165, 1.54) is 12.1 Å². The lowest BCUT2D eigenvalue weighted by atomic mass is 10.0. The van der Waals surface area contributed by atoms with E-state index in [0.29, 0.717) is 11.3 Å². The molecule has 25 heavy (non-hydrogen) atoms. The minimum Gasteiger partial charge on any atom is -0.479 e. The Morgan fingerprint density at radius 2 is 1.92 bits per heavy atom. The average Bonchev–Trinajstić information content (AvgIpc) is 2.88. The van der Waals surface area contributed by atoms with Crippen LogP contribution in [0.2, 0.25) is 0 Å². The van der Waals surface area contributed by atoms with Gasteiger partial charge < -0.3 is 9.47 Å². The Balaban J connectivity index is 1.77. The number of benzene rings is 2. The average molecular weight is 407 g/mol. The van der Waals surface area contributed by atoms with Crippen LogP contribution in [0.1, 0.15) is 42.1 Å². The van der Waals surface area contributed by atoms with Crippen molar-refractivity contribution >= 4 is 27.7 Å². The van der Waals surface area contributed by atoms with Gasteiger partial charge in [0.1, 0.15) is 17.3 Å². The topological polar surface area (TPSA) is 52.6 Å². The largest absolute Gasteiger partial charge is 0.479 e. The van der Waals surface area contributed by atoms with Crippen molar-refractivity contribution in [1.29, 1.82) is 0 Å². The van der Waals surface area contributed by atoms with Crippen LogP contribution in [0.3, 0.4) is 0 Å².